The van der Waals surface area contributed by atoms with E-state index in [2.05, 4.69) is 5.32 Å². The van der Waals surface area contributed by atoms with Crippen molar-refractivity contribution in [1.29, 1.82) is 0 Å². The zero-order valence-corrected chi connectivity index (χ0v) is 11.8. The molecule has 0 aromatic carbocycles. The molecule has 120 valence electrons. The lowest BCUT2D eigenvalue weighted by atomic mass is 10.3. The molecule has 0 rings (SSSR count). The Kier molecular flexibility index (Phi) is 10.5. The molecule has 10 nitrogen and oxygen atoms in total. The van der Waals surface area contributed by atoms with E-state index in [1.54, 1.807) is 0 Å². The van der Waals surface area contributed by atoms with E-state index in [1.165, 1.54) is 0 Å². The molecule has 1 amide bonds. The summed E-state index contributed by atoms with van der Waals surface area (Å²) in [6.45, 7) is 1.71. The Balaban J connectivity index is 3.48. The van der Waals surface area contributed by atoms with Crippen molar-refractivity contribution in [3.8, 4) is 0 Å². The van der Waals surface area contributed by atoms with Crippen LogP contribution in [0, 0.1) is 0 Å². The van der Waals surface area contributed by atoms with Crippen molar-refractivity contribution in [2.75, 3.05) is 45.3 Å². The maximum Gasteiger partial charge on any atom is 0.266 e. The van der Waals surface area contributed by atoms with Gasteiger partial charge in [-0.2, -0.15) is 8.42 Å². The third kappa shape index (κ3) is 12.2. The van der Waals surface area contributed by atoms with Crippen molar-refractivity contribution in [1.82, 2.24) is 10.8 Å². The fourth-order valence-corrected chi connectivity index (χ4v) is 1.73. The second-order valence-electron chi connectivity index (χ2n) is 3.78. The van der Waals surface area contributed by atoms with E-state index in [4.69, 9.17) is 25.0 Å². The van der Waals surface area contributed by atoms with Crippen LogP contribution in [0.2, 0.25) is 0 Å². The Morgan fingerprint density at radius 3 is 2.20 bits per heavy atom. The van der Waals surface area contributed by atoms with Gasteiger partial charge in [0.15, 0.2) is 0 Å². The normalized spacial score (nSPS) is 13.2. The first-order valence-electron chi connectivity index (χ1n) is 5.87. The standard InChI is InChI=1S/C9H21N3O7S/c10-8(7-20(15,16)17)9(13)11-1-3-18-5-6-19-4-2-12-14/h8,12,14H,1-7,10H2,(H,11,13)(H,15,16,17)/t8-/m0/s1. The summed E-state index contributed by atoms with van der Waals surface area (Å²) in [5, 5.41) is 10.6. The minimum Gasteiger partial charge on any atom is -0.378 e. The van der Waals surface area contributed by atoms with Crippen LogP contribution in [0.25, 0.3) is 0 Å². The van der Waals surface area contributed by atoms with Gasteiger partial charge in [0.05, 0.1) is 32.2 Å². The first kappa shape index (κ1) is 19.2. The molecule has 0 aliphatic heterocycles. The molecule has 0 aromatic heterocycles. The fraction of sp³-hybridized carbons (Fsp3) is 0.889. The molecule has 11 heteroatoms. The number of nitrogens with two attached hydrogens (primary N) is 1. The fourth-order valence-electron chi connectivity index (χ4n) is 1.12. The molecule has 1 atom stereocenters. The lowest BCUT2D eigenvalue weighted by molar-refractivity contribution is -0.122. The Labute approximate surface area is 117 Å². The minimum absolute atomic E-state index is 0.163. The van der Waals surface area contributed by atoms with Crippen LogP contribution in [0.15, 0.2) is 0 Å². The lowest BCUT2D eigenvalue weighted by Gasteiger charge is -2.11. The predicted octanol–water partition coefficient (Wildman–Crippen LogP) is -2.67. The van der Waals surface area contributed by atoms with E-state index >= 15 is 0 Å². The number of rotatable bonds is 12. The molecule has 0 aliphatic carbocycles. The first-order valence-corrected chi connectivity index (χ1v) is 7.48. The molecule has 0 heterocycles. The minimum atomic E-state index is -4.28. The van der Waals surface area contributed by atoms with Crippen LogP contribution in [-0.2, 0) is 24.4 Å². The largest absolute Gasteiger partial charge is 0.378 e. The zero-order valence-electron chi connectivity index (χ0n) is 10.9. The van der Waals surface area contributed by atoms with E-state index in [0.717, 1.165) is 0 Å². The van der Waals surface area contributed by atoms with E-state index in [1.807, 2.05) is 5.48 Å². The van der Waals surface area contributed by atoms with Crippen molar-refractivity contribution < 1.29 is 32.4 Å². The van der Waals surface area contributed by atoms with Gasteiger partial charge in [-0.25, -0.2) is 5.48 Å². The Hall–Kier alpha value is -0.820. The average molecular weight is 315 g/mol. The monoisotopic (exact) mass is 315 g/mol. The van der Waals surface area contributed by atoms with Crippen LogP contribution in [0.3, 0.4) is 0 Å². The molecule has 20 heavy (non-hydrogen) atoms. The summed E-state index contributed by atoms with van der Waals surface area (Å²) in [5.74, 6) is -1.51. The van der Waals surface area contributed by atoms with Crippen LogP contribution < -0.4 is 16.5 Å². The smallest absolute Gasteiger partial charge is 0.266 e. The van der Waals surface area contributed by atoms with Crippen molar-refractivity contribution in [2.45, 2.75) is 6.04 Å². The summed E-state index contributed by atoms with van der Waals surface area (Å²) in [5.41, 5.74) is 7.21. The average Bonchev–Trinajstić information content (AvgIpc) is 2.34. The van der Waals surface area contributed by atoms with E-state index in [0.29, 0.717) is 26.4 Å². The van der Waals surface area contributed by atoms with Gasteiger partial charge < -0.3 is 25.7 Å². The number of nitrogens with one attached hydrogen (secondary N) is 2. The summed E-state index contributed by atoms with van der Waals surface area (Å²) < 4.78 is 39.7. The Bertz CT molecular complexity index is 363. The lowest BCUT2D eigenvalue weighted by Crippen LogP contribution is -2.45. The molecule has 0 unspecified atom stereocenters. The molecule has 6 N–H and O–H groups in total. The summed E-state index contributed by atoms with van der Waals surface area (Å²) >= 11 is 0. The van der Waals surface area contributed by atoms with E-state index < -0.39 is 27.8 Å². The summed E-state index contributed by atoms with van der Waals surface area (Å²) in [7, 11) is -4.28. The SMILES string of the molecule is N[C@@H](CS(=O)(=O)O)C(=O)NCCOCCOCCNO. The quantitative estimate of drug-likeness (QED) is 0.147. The highest BCUT2D eigenvalue weighted by atomic mass is 32.2. The maximum absolute atomic E-state index is 11.3. The number of amides is 1. The highest BCUT2D eigenvalue weighted by Gasteiger charge is 2.19. The molecular formula is C9H21N3O7S. The van der Waals surface area contributed by atoms with Crippen LogP contribution in [0.4, 0.5) is 0 Å². The Morgan fingerprint density at radius 2 is 1.70 bits per heavy atom. The number of carbonyl (C=O) groups is 1. The van der Waals surface area contributed by atoms with Gasteiger partial charge in [-0.1, -0.05) is 0 Å². The molecule has 0 spiro atoms. The molecule has 0 aromatic rings. The van der Waals surface area contributed by atoms with Gasteiger partial charge in [0.25, 0.3) is 10.1 Å². The van der Waals surface area contributed by atoms with Gasteiger partial charge in [0.2, 0.25) is 5.91 Å². The second kappa shape index (κ2) is 10.9. The molecule has 0 saturated heterocycles. The number of hydrogen-bond donors (Lipinski definition) is 5. The third-order valence-electron chi connectivity index (χ3n) is 2.00. The topological polar surface area (TPSA) is 160 Å². The summed E-state index contributed by atoms with van der Waals surface area (Å²) in [6.07, 6.45) is 0. The number of carbonyl (C=O) groups excluding carboxylic acids is 1. The van der Waals surface area contributed by atoms with Crippen molar-refractivity contribution in [3.05, 3.63) is 0 Å². The first-order chi connectivity index (χ1) is 9.37. The predicted molar refractivity (Wildman–Crippen MR) is 68.8 cm³/mol. The van der Waals surface area contributed by atoms with Crippen LogP contribution in [-0.4, -0.2) is 75.4 Å². The van der Waals surface area contributed by atoms with Crippen molar-refractivity contribution >= 4 is 16.0 Å². The molecular weight excluding hydrogens is 294 g/mol. The maximum atomic E-state index is 11.3. The Morgan fingerprint density at radius 1 is 1.15 bits per heavy atom. The number of hydrogen-bond acceptors (Lipinski definition) is 8. The van der Waals surface area contributed by atoms with Crippen LogP contribution in [0.5, 0.6) is 0 Å². The third-order valence-corrected chi connectivity index (χ3v) is 2.78. The molecule has 0 radical (unpaired) electrons. The number of ether oxygens (including phenoxy) is 2. The summed E-state index contributed by atoms with van der Waals surface area (Å²) in [4.78, 5) is 11.3. The van der Waals surface area contributed by atoms with Gasteiger partial charge in [-0.15, -0.1) is 0 Å². The number of hydroxylamine groups is 1. The van der Waals surface area contributed by atoms with E-state index in [9.17, 15) is 13.2 Å². The zero-order chi connectivity index (χ0) is 15.4. The van der Waals surface area contributed by atoms with Crippen molar-refractivity contribution in [3.63, 3.8) is 0 Å². The van der Waals surface area contributed by atoms with Gasteiger partial charge in [-0.3, -0.25) is 9.35 Å². The highest BCUT2D eigenvalue weighted by molar-refractivity contribution is 7.85. The second-order valence-corrected chi connectivity index (χ2v) is 5.28. The molecule has 0 saturated carbocycles. The summed E-state index contributed by atoms with van der Waals surface area (Å²) in [6, 6.07) is -1.32. The van der Waals surface area contributed by atoms with Gasteiger partial charge in [0, 0.05) is 13.1 Å². The van der Waals surface area contributed by atoms with Crippen LogP contribution >= 0.6 is 0 Å². The molecule has 0 bridgehead atoms. The molecule has 0 aliphatic rings. The highest BCUT2D eigenvalue weighted by Crippen LogP contribution is 1.88. The van der Waals surface area contributed by atoms with E-state index in [-0.39, 0.29) is 13.2 Å². The van der Waals surface area contributed by atoms with Gasteiger partial charge >= 0.3 is 0 Å². The molecule has 0 fully saturated rings. The van der Waals surface area contributed by atoms with Crippen molar-refractivity contribution in [2.24, 2.45) is 5.73 Å². The van der Waals surface area contributed by atoms with Crippen LogP contribution in [0.1, 0.15) is 0 Å². The van der Waals surface area contributed by atoms with Gasteiger partial charge in [0.1, 0.15) is 6.04 Å². The van der Waals surface area contributed by atoms with Gasteiger partial charge in [-0.05, 0) is 0 Å².